The van der Waals surface area contributed by atoms with Gasteiger partial charge >= 0.3 is 0 Å². The third-order valence-corrected chi connectivity index (χ3v) is 7.67. The van der Waals surface area contributed by atoms with Crippen LogP contribution in [0, 0.1) is 12.8 Å². The van der Waals surface area contributed by atoms with Gasteiger partial charge in [0, 0.05) is 30.6 Å². The van der Waals surface area contributed by atoms with Gasteiger partial charge in [0.05, 0.1) is 16.6 Å². The van der Waals surface area contributed by atoms with Crippen LogP contribution in [0.5, 0.6) is 0 Å². The maximum absolute atomic E-state index is 13.2. The number of rotatable bonds is 4. The molecule has 5 rings (SSSR count). The maximum Gasteiger partial charge on any atom is 0.269 e. The van der Waals surface area contributed by atoms with E-state index in [0.717, 1.165) is 41.9 Å². The van der Waals surface area contributed by atoms with E-state index in [1.807, 2.05) is 19.2 Å². The lowest BCUT2D eigenvalue weighted by Crippen LogP contribution is -2.14. The van der Waals surface area contributed by atoms with Gasteiger partial charge in [0.1, 0.15) is 0 Å². The molecular formula is C21H23N5O2S. The molecule has 8 heteroatoms. The van der Waals surface area contributed by atoms with Crippen LogP contribution >= 0.6 is 0 Å². The van der Waals surface area contributed by atoms with Crippen molar-refractivity contribution in [3.05, 3.63) is 60.2 Å². The third-order valence-electron chi connectivity index (χ3n) is 5.99. The van der Waals surface area contributed by atoms with Crippen LogP contribution in [-0.2, 0) is 10.0 Å². The summed E-state index contributed by atoms with van der Waals surface area (Å²) in [7, 11) is -3.73. The molecule has 150 valence electrons. The monoisotopic (exact) mass is 409 g/mol. The maximum atomic E-state index is 13.2. The first-order valence-corrected chi connectivity index (χ1v) is 11.3. The molecule has 1 fully saturated rings. The first-order valence-electron chi connectivity index (χ1n) is 9.87. The predicted molar refractivity (Wildman–Crippen MR) is 112 cm³/mol. The number of benzene rings is 1. The van der Waals surface area contributed by atoms with Crippen molar-refractivity contribution in [3.63, 3.8) is 0 Å². The highest BCUT2D eigenvalue weighted by Gasteiger charge is 2.30. The van der Waals surface area contributed by atoms with Crippen molar-refractivity contribution in [2.75, 3.05) is 13.1 Å². The Hall–Kier alpha value is -2.71. The molecule has 1 saturated heterocycles. The SMILES string of the molecule is CC[C@@H]1CNCC1c1cnc2cnc3c(ccn3S(=O)(=O)c3ccc(C)cc3)n12. The van der Waals surface area contributed by atoms with Gasteiger partial charge in [-0.05, 0) is 37.6 Å². The van der Waals surface area contributed by atoms with Gasteiger partial charge in [-0.3, -0.25) is 4.40 Å². The summed E-state index contributed by atoms with van der Waals surface area (Å²) in [6.45, 7) is 6.03. The molecule has 0 aliphatic carbocycles. The standard InChI is InChI=1S/C21H23N5O2S/c1-3-15-10-22-11-17(15)19-12-23-20-13-24-21-18(26(19)20)8-9-25(21)29(27,28)16-6-4-14(2)5-7-16/h4-9,12-13,15,17,22H,3,10-11H2,1-2H3/t15-,17?/m1/s1. The minimum atomic E-state index is -3.73. The first kappa shape index (κ1) is 18.3. The van der Waals surface area contributed by atoms with Gasteiger partial charge in [0.15, 0.2) is 11.3 Å². The molecule has 1 aromatic carbocycles. The van der Waals surface area contributed by atoms with Crippen LogP contribution in [0.3, 0.4) is 0 Å². The van der Waals surface area contributed by atoms with Crippen LogP contribution in [0.25, 0.3) is 16.8 Å². The minimum Gasteiger partial charge on any atom is -0.316 e. The fourth-order valence-electron chi connectivity index (χ4n) is 4.33. The number of nitrogens with one attached hydrogen (secondary N) is 1. The molecule has 1 aliphatic heterocycles. The number of fused-ring (bicyclic) bond motifs is 3. The van der Waals surface area contributed by atoms with Gasteiger partial charge in [0.2, 0.25) is 0 Å². The lowest BCUT2D eigenvalue weighted by Gasteiger charge is -2.17. The molecule has 3 aromatic heterocycles. The molecule has 0 saturated carbocycles. The summed E-state index contributed by atoms with van der Waals surface area (Å²) in [5.74, 6) is 0.883. The van der Waals surface area contributed by atoms with Gasteiger partial charge in [-0.15, -0.1) is 0 Å². The summed E-state index contributed by atoms with van der Waals surface area (Å²) in [5.41, 5.74) is 4.03. The number of hydrogen-bond donors (Lipinski definition) is 1. The largest absolute Gasteiger partial charge is 0.316 e. The minimum absolute atomic E-state index is 0.249. The van der Waals surface area contributed by atoms with E-state index in [-0.39, 0.29) is 4.90 Å². The molecule has 0 bridgehead atoms. The van der Waals surface area contributed by atoms with E-state index in [1.54, 1.807) is 36.7 Å². The number of aryl methyl sites for hydroxylation is 1. The lowest BCUT2D eigenvalue weighted by atomic mass is 9.91. The summed E-state index contributed by atoms with van der Waals surface area (Å²) in [6, 6.07) is 8.68. The van der Waals surface area contributed by atoms with Crippen LogP contribution in [-0.4, -0.2) is 39.8 Å². The molecule has 1 aliphatic rings. The highest BCUT2D eigenvalue weighted by molar-refractivity contribution is 7.90. The second kappa shape index (κ2) is 6.67. The Morgan fingerprint density at radius 1 is 1.10 bits per heavy atom. The number of hydrogen-bond acceptors (Lipinski definition) is 5. The normalized spacial score (nSPS) is 20.1. The Balaban J connectivity index is 1.70. The number of aromatic nitrogens is 4. The van der Waals surface area contributed by atoms with Gasteiger partial charge in [-0.2, -0.15) is 0 Å². The van der Waals surface area contributed by atoms with Gasteiger partial charge in [-0.25, -0.2) is 22.4 Å². The second-order valence-corrected chi connectivity index (χ2v) is 9.52. The molecular weight excluding hydrogens is 386 g/mol. The van der Waals surface area contributed by atoms with Crippen molar-refractivity contribution >= 4 is 26.8 Å². The summed E-state index contributed by atoms with van der Waals surface area (Å²) < 4.78 is 29.8. The molecule has 7 nitrogen and oxygen atoms in total. The Morgan fingerprint density at radius 3 is 2.66 bits per heavy atom. The van der Waals surface area contributed by atoms with Crippen molar-refractivity contribution in [2.45, 2.75) is 31.1 Å². The van der Waals surface area contributed by atoms with E-state index in [2.05, 4.69) is 26.6 Å². The van der Waals surface area contributed by atoms with Crippen molar-refractivity contribution in [1.29, 1.82) is 0 Å². The van der Waals surface area contributed by atoms with Crippen LogP contribution in [0.1, 0.15) is 30.5 Å². The molecule has 2 atom stereocenters. The zero-order chi connectivity index (χ0) is 20.2. The topological polar surface area (TPSA) is 81.3 Å². The van der Waals surface area contributed by atoms with E-state index in [1.165, 1.54) is 3.97 Å². The van der Waals surface area contributed by atoms with E-state index < -0.39 is 10.0 Å². The van der Waals surface area contributed by atoms with Crippen molar-refractivity contribution in [1.82, 2.24) is 23.7 Å². The summed E-state index contributed by atoms with van der Waals surface area (Å²) in [5, 5.41) is 3.47. The van der Waals surface area contributed by atoms with Crippen molar-refractivity contribution in [2.24, 2.45) is 5.92 Å². The van der Waals surface area contributed by atoms with Gasteiger partial charge in [-0.1, -0.05) is 31.0 Å². The molecule has 1 N–H and O–H groups in total. The van der Waals surface area contributed by atoms with E-state index in [0.29, 0.717) is 17.5 Å². The zero-order valence-corrected chi connectivity index (χ0v) is 17.2. The number of imidazole rings is 1. The zero-order valence-electron chi connectivity index (χ0n) is 16.4. The Bertz CT molecular complexity index is 1300. The summed E-state index contributed by atoms with van der Waals surface area (Å²) in [6.07, 6.45) is 6.22. The molecule has 0 amide bonds. The van der Waals surface area contributed by atoms with Gasteiger partial charge in [0.25, 0.3) is 10.0 Å². The molecule has 1 unspecified atom stereocenters. The van der Waals surface area contributed by atoms with E-state index in [4.69, 9.17) is 0 Å². The van der Waals surface area contributed by atoms with Crippen molar-refractivity contribution < 1.29 is 8.42 Å². The second-order valence-electron chi connectivity index (χ2n) is 7.71. The van der Waals surface area contributed by atoms with Crippen LogP contribution < -0.4 is 5.32 Å². The van der Waals surface area contributed by atoms with E-state index in [9.17, 15) is 8.42 Å². The van der Waals surface area contributed by atoms with Crippen LogP contribution in [0.4, 0.5) is 0 Å². The fraction of sp³-hybridized carbons (Fsp3) is 0.333. The summed E-state index contributed by atoms with van der Waals surface area (Å²) in [4.78, 5) is 9.23. The van der Waals surface area contributed by atoms with Crippen molar-refractivity contribution in [3.8, 4) is 0 Å². The average Bonchev–Trinajstić information content (AvgIpc) is 3.44. The molecule has 4 aromatic rings. The lowest BCUT2D eigenvalue weighted by molar-refractivity contribution is 0.493. The Labute approximate surface area is 169 Å². The Kier molecular flexibility index (Phi) is 4.22. The smallest absolute Gasteiger partial charge is 0.269 e. The molecule has 29 heavy (non-hydrogen) atoms. The summed E-state index contributed by atoms with van der Waals surface area (Å²) >= 11 is 0. The first-order chi connectivity index (χ1) is 14.0. The van der Waals surface area contributed by atoms with Gasteiger partial charge < -0.3 is 5.32 Å². The molecule has 0 spiro atoms. The third kappa shape index (κ3) is 2.78. The Morgan fingerprint density at radius 2 is 1.90 bits per heavy atom. The molecule has 0 radical (unpaired) electrons. The van der Waals surface area contributed by atoms with E-state index >= 15 is 0 Å². The quantitative estimate of drug-likeness (QED) is 0.560. The highest BCUT2D eigenvalue weighted by atomic mass is 32.2. The molecule has 4 heterocycles. The fourth-order valence-corrected chi connectivity index (χ4v) is 5.63. The van der Waals surface area contributed by atoms with Crippen LogP contribution in [0.2, 0.25) is 0 Å². The number of nitrogens with zero attached hydrogens (tertiary/aromatic N) is 4. The average molecular weight is 410 g/mol. The highest BCUT2D eigenvalue weighted by Crippen LogP contribution is 2.32. The predicted octanol–water partition coefficient (Wildman–Crippen LogP) is 2.94. The van der Waals surface area contributed by atoms with Crippen LogP contribution in [0.15, 0.2) is 53.8 Å².